The molecule has 4 nitrogen and oxygen atoms in total. The zero-order chi connectivity index (χ0) is 17.4. The summed E-state index contributed by atoms with van der Waals surface area (Å²) in [4.78, 5) is 25.5. The summed E-state index contributed by atoms with van der Waals surface area (Å²) in [5, 5.41) is 0.765. The molecule has 0 bridgehead atoms. The lowest BCUT2D eigenvalue weighted by Gasteiger charge is -2.44. The van der Waals surface area contributed by atoms with E-state index in [2.05, 4.69) is 0 Å². The number of carbonyl (C=O) groups excluding carboxylic acids is 2. The smallest absolute Gasteiger partial charge is 0.271 e. The molecule has 2 atom stereocenters. The van der Waals surface area contributed by atoms with Gasteiger partial charge in [0.2, 0.25) is 6.10 Å². The Kier molecular flexibility index (Phi) is 4.52. The number of hydrogen-bond donors (Lipinski definition) is 0. The number of benzene rings is 2. The number of carbonyl (C=O) groups is 2. The van der Waals surface area contributed by atoms with Crippen LogP contribution >= 0.6 is 23.2 Å². The second-order valence-corrected chi connectivity index (χ2v) is 6.51. The maximum atomic E-state index is 12.6. The van der Waals surface area contributed by atoms with Crippen LogP contribution in [0.2, 0.25) is 10.0 Å². The van der Waals surface area contributed by atoms with Crippen LogP contribution in [0.1, 0.15) is 11.1 Å². The van der Waals surface area contributed by atoms with Gasteiger partial charge in [-0.3, -0.25) is 9.69 Å². The largest absolute Gasteiger partial charge is 0.476 e. The molecule has 24 heavy (non-hydrogen) atoms. The van der Waals surface area contributed by atoms with Crippen LogP contribution in [-0.4, -0.2) is 24.3 Å². The maximum absolute atomic E-state index is 12.6. The van der Waals surface area contributed by atoms with Gasteiger partial charge in [0.1, 0.15) is 18.1 Å². The van der Waals surface area contributed by atoms with E-state index in [4.69, 9.17) is 27.9 Å². The summed E-state index contributed by atoms with van der Waals surface area (Å²) in [6, 6.07) is 9.68. The average molecular weight is 364 g/mol. The van der Waals surface area contributed by atoms with Crippen molar-refractivity contribution in [1.29, 1.82) is 0 Å². The van der Waals surface area contributed by atoms with Crippen molar-refractivity contribution in [2.45, 2.75) is 26.0 Å². The first kappa shape index (κ1) is 16.8. The average Bonchev–Trinajstić information content (AvgIpc) is 2.55. The molecule has 1 aliphatic rings. The second kappa shape index (κ2) is 6.46. The Balaban J connectivity index is 1.87. The van der Waals surface area contributed by atoms with Gasteiger partial charge in [-0.25, -0.2) is 0 Å². The molecule has 124 valence electrons. The molecule has 2 aromatic rings. The third-order valence-corrected chi connectivity index (χ3v) is 4.74. The maximum Gasteiger partial charge on any atom is 0.271 e. The van der Waals surface area contributed by atoms with E-state index >= 15 is 0 Å². The molecule has 1 saturated heterocycles. The number of β-lactam (4-membered cyclic amide) rings is 1. The van der Waals surface area contributed by atoms with Gasteiger partial charge in [0.15, 0.2) is 0 Å². The molecule has 0 saturated carbocycles. The molecule has 0 radical (unpaired) electrons. The quantitative estimate of drug-likeness (QED) is 0.609. The summed E-state index contributed by atoms with van der Waals surface area (Å²) in [6.45, 7) is 3.88. The number of rotatable bonds is 4. The highest BCUT2D eigenvalue weighted by Gasteiger charge is 2.50. The van der Waals surface area contributed by atoms with Crippen LogP contribution in [-0.2, 0) is 9.59 Å². The predicted molar refractivity (Wildman–Crippen MR) is 94.1 cm³/mol. The Morgan fingerprint density at radius 1 is 1.17 bits per heavy atom. The number of amides is 1. The highest BCUT2D eigenvalue weighted by Crippen LogP contribution is 2.35. The van der Waals surface area contributed by atoms with Crippen molar-refractivity contribution in [3.63, 3.8) is 0 Å². The fraction of sp³-hybridized carbons (Fsp3) is 0.222. The van der Waals surface area contributed by atoms with Gasteiger partial charge >= 0.3 is 0 Å². The third kappa shape index (κ3) is 2.76. The van der Waals surface area contributed by atoms with Crippen molar-refractivity contribution in [1.82, 2.24) is 0 Å². The van der Waals surface area contributed by atoms with Gasteiger partial charge in [-0.1, -0.05) is 35.3 Å². The van der Waals surface area contributed by atoms with Crippen molar-refractivity contribution in [2.75, 3.05) is 4.90 Å². The van der Waals surface area contributed by atoms with Crippen LogP contribution in [0, 0.1) is 13.8 Å². The molecule has 3 rings (SSSR count). The van der Waals surface area contributed by atoms with Crippen molar-refractivity contribution >= 4 is 41.1 Å². The molecular weight excluding hydrogens is 349 g/mol. The van der Waals surface area contributed by atoms with Crippen LogP contribution in [0.5, 0.6) is 5.75 Å². The van der Waals surface area contributed by atoms with E-state index in [0.29, 0.717) is 15.8 Å². The first-order chi connectivity index (χ1) is 11.4. The predicted octanol–water partition coefficient (Wildman–Crippen LogP) is 3.97. The lowest BCUT2D eigenvalue weighted by Crippen LogP contribution is -2.68. The van der Waals surface area contributed by atoms with Crippen LogP contribution < -0.4 is 9.64 Å². The molecule has 0 unspecified atom stereocenters. The van der Waals surface area contributed by atoms with Gasteiger partial charge in [-0.05, 0) is 49.2 Å². The summed E-state index contributed by atoms with van der Waals surface area (Å²) in [5.41, 5.74) is 2.73. The van der Waals surface area contributed by atoms with Crippen molar-refractivity contribution in [3.8, 4) is 5.75 Å². The minimum absolute atomic E-state index is 0.271. The van der Waals surface area contributed by atoms with Crippen molar-refractivity contribution in [2.24, 2.45) is 0 Å². The number of halogens is 2. The molecule has 1 fully saturated rings. The Morgan fingerprint density at radius 3 is 2.58 bits per heavy atom. The van der Waals surface area contributed by atoms with Crippen molar-refractivity contribution in [3.05, 3.63) is 57.6 Å². The summed E-state index contributed by atoms with van der Waals surface area (Å²) in [5.74, 6) is 0.0543. The van der Waals surface area contributed by atoms with Crippen LogP contribution in [0.15, 0.2) is 36.4 Å². The normalized spacial score (nSPS) is 19.8. The lowest BCUT2D eigenvalue weighted by molar-refractivity contribution is -0.138. The van der Waals surface area contributed by atoms with E-state index in [1.54, 1.807) is 12.1 Å². The zero-order valence-electron chi connectivity index (χ0n) is 13.1. The van der Waals surface area contributed by atoms with Gasteiger partial charge in [0.05, 0.1) is 5.02 Å². The van der Waals surface area contributed by atoms with E-state index < -0.39 is 12.1 Å². The van der Waals surface area contributed by atoms with Crippen LogP contribution in [0.4, 0.5) is 5.69 Å². The van der Waals surface area contributed by atoms with Crippen molar-refractivity contribution < 1.29 is 14.3 Å². The number of aryl methyl sites for hydroxylation is 1. The van der Waals surface area contributed by atoms with Crippen LogP contribution in [0.25, 0.3) is 0 Å². The molecule has 1 heterocycles. The van der Waals surface area contributed by atoms with Gasteiger partial charge in [0, 0.05) is 10.7 Å². The first-order valence-corrected chi connectivity index (χ1v) is 8.16. The van der Waals surface area contributed by atoms with E-state index in [1.165, 1.54) is 11.0 Å². The number of hydrogen-bond acceptors (Lipinski definition) is 3. The van der Waals surface area contributed by atoms with E-state index in [0.717, 1.165) is 23.1 Å². The summed E-state index contributed by atoms with van der Waals surface area (Å²) in [7, 11) is 0. The number of ether oxygens (including phenoxy) is 1. The summed E-state index contributed by atoms with van der Waals surface area (Å²) < 4.78 is 5.66. The zero-order valence-corrected chi connectivity index (χ0v) is 14.6. The van der Waals surface area contributed by atoms with Gasteiger partial charge in [-0.2, -0.15) is 0 Å². The molecule has 1 amide bonds. The van der Waals surface area contributed by atoms with Crippen LogP contribution in [0.3, 0.4) is 0 Å². The lowest BCUT2D eigenvalue weighted by atomic mass is 9.95. The topological polar surface area (TPSA) is 46.6 Å². The fourth-order valence-corrected chi connectivity index (χ4v) is 3.17. The van der Waals surface area contributed by atoms with Gasteiger partial charge in [0.25, 0.3) is 5.91 Å². The monoisotopic (exact) mass is 363 g/mol. The highest BCUT2D eigenvalue weighted by atomic mass is 35.5. The molecule has 0 spiro atoms. The molecule has 6 heteroatoms. The molecule has 0 N–H and O–H groups in total. The summed E-state index contributed by atoms with van der Waals surface area (Å²) in [6.07, 6.45) is -0.168. The molecule has 1 aliphatic heterocycles. The van der Waals surface area contributed by atoms with E-state index in [1.807, 2.05) is 32.0 Å². The molecule has 0 aliphatic carbocycles. The summed E-state index contributed by atoms with van der Waals surface area (Å²) >= 11 is 11.9. The second-order valence-electron chi connectivity index (χ2n) is 5.67. The Morgan fingerprint density at radius 2 is 1.92 bits per heavy atom. The van der Waals surface area contributed by atoms with E-state index in [-0.39, 0.29) is 5.91 Å². The number of aldehydes is 1. The molecular formula is C18H15Cl2NO3. The number of anilines is 1. The Bertz CT molecular complexity index is 822. The minimum Gasteiger partial charge on any atom is -0.476 e. The molecule has 0 aromatic heterocycles. The number of nitrogens with zero attached hydrogens (tertiary/aromatic N) is 1. The van der Waals surface area contributed by atoms with Gasteiger partial charge < -0.3 is 9.53 Å². The Labute approximate surface area is 149 Å². The Hall–Kier alpha value is -2.04. The minimum atomic E-state index is -0.888. The third-order valence-electron chi connectivity index (χ3n) is 4.21. The van der Waals surface area contributed by atoms with Gasteiger partial charge in [-0.15, -0.1) is 0 Å². The SMILES string of the molecule is Cc1cccc(N2C(=O)[C@@H](Oc3ccc(Cl)cc3Cl)[C@@H]2C=O)c1C. The highest BCUT2D eigenvalue weighted by molar-refractivity contribution is 6.35. The first-order valence-electron chi connectivity index (χ1n) is 7.40. The fourth-order valence-electron chi connectivity index (χ4n) is 2.72. The standard InChI is InChI=1S/C18H15Cl2NO3/c1-10-4-3-5-14(11(10)2)21-15(9-22)17(18(21)23)24-16-7-6-12(19)8-13(16)20/h3-9,15,17H,1-2H3/t15-,17-/m0/s1. The molecule has 2 aromatic carbocycles. The van der Waals surface area contributed by atoms with E-state index in [9.17, 15) is 9.59 Å².